The maximum absolute atomic E-state index is 3.78. The second-order valence-corrected chi connectivity index (χ2v) is 7.44. The van der Waals surface area contributed by atoms with E-state index in [1.807, 2.05) is 0 Å². The van der Waals surface area contributed by atoms with Gasteiger partial charge < -0.3 is 5.32 Å². The maximum Gasteiger partial charge on any atom is 0.0486 e. The molecule has 0 heterocycles. The highest BCUT2D eigenvalue weighted by Crippen LogP contribution is 2.26. The zero-order chi connectivity index (χ0) is 14.9. The lowest BCUT2D eigenvalue weighted by molar-refractivity contribution is 0.480. The molecular weight excluding hydrogens is 322 g/mol. The first kappa shape index (κ1) is 16.9. The Hall–Kier alpha value is -0.500. The summed E-state index contributed by atoms with van der Waals surface area (Å²) < 4.78 is 1.20. The van der Waals surface area contributed by atoms with Gasteiger partial charge in [0.05, 0.1) is 0 Å². The minimum Gasteiger partial charge on any atom is -0.381 e. The van der Waals surface area contributed by atoms with E-state index in [4.69, 9.17) is 0 Å². The van der Waals surface area contributed by atoms with Gasteiger partial charge in [0.25, 0.3) is 0 Å². The van der Waals surface area contributed by atoms with E-state index in [0.717, 1.165) is 0 Å². The number of nitrogens with one attached hydrogen (secondary N) is 1. The third kappa shape index (κ3) is 6.42. The highest BCUT2D eigenvalue weighted by Gasteiger charge is 2.11. The number of hydrogen-bond acceptors (Lipinski definition) is 1. The summed E-state index contributed by atoms with van der Waals surface area (Å²) in [5, 5.41) is 3.78. The van der Waals surface area contributed by atoms with Crippen molar-refractivity contribution in [1.82, 2.24) is 0 Å². The van der Waals surface area contributed by atoms with Crippen LogP contribution >= 0.6 is 15.9 Å². The van der Waals surface area contributed by atoms with E-state index in [0.29, 0.717) is 6.04 Å². The minimum atomic E-state index is 0.642. The van der Waals surface area contributed by atoms with E-state index in [1.54, 1.807) is 0 Å². The zero-order valence-electron chi connectivity index (χ0n) is 13.5. The van der Waals surface area contributed by atoms with Gasteiger partial charge in [-0.15, -0.1) is 0 Å². The number of aryl methyl sites for hydroxylation is 1. The SMILES string of the molecule is Cc1ccc(NC2CCCCCCCCCCC2)c(Br)c1. The predicted molar refractivity (Wildman–Crippen MR) is 97.1 cm³/mol. The summed E-state index contributed by atoms with van der Waals surface area (Å²) >= 11 is 3.70. The molecule has 1 saturated carbocycles. The lowest BCUT2D eigenvalue weighted by atomic mass is 9.97. The second-order valence-electron chi connectivity index (χ2n) is 6.58. The van der Waals surface area contributed by atoms with E-state index >= 15 is 0 Å². The highest BCUT2D eigenvalue weighted by atomic mass is 79.9. The van der Waals surface area contributed by atoms with Crippen LogP contribution in [0.25, 0.3) is 0 Å². The van der Waals surface area contributed by atoms with Gasteiger partial charge in [-0.05, 0) is 53.4 Å². The van der Waals surface area contributed by atoms with Gasteiger partial charge in [0.2, 0.25) is 0 Å². The molecular formula is C19H30BrN. The van der Waals surface area contributed by atoms with Crippen molar-refractivity contribution >= 4 is 21.6 Å². The van der Waals surface area contributed by atoms with E-state index in [9.17, 15) is 0 Å². The Morgan fingerprint density at radius 1 is 0.857 bits per heavy atom. The van der Waals surface area contributed by atoms with E-state index in [2.05, 4.69) is 46.4 Å². The molecule has 1 aromatic carbocycles. The van der Waals surface area contributed by atoms with Gasteiger partial charge in [-0.1, -0.05) is 63.9 Å². The molecule has 1 aromatic rings. The standard InChI is InChI=1S/C19H30BrN/c1-16-13-14-19(18(20)15-16)21-17-11-9-7-5-3-2-4-6-8-10-12-17/h13-15,17,21H,2-12H2,1H3. The fourth-order valence-corrected chi connectivity index (χ4v) is 3.87. The van der Waals surface area contributed by atoms with E-state index < -0.39 is 0 Å². The molecule has 0 unspecified atom stereocenters. The Balaban J connectivity index is 1.90. The van der Waals surface area contributed by atoms with Crippen molar-refractivity contribution in [3.05, 3.63) is 28.2 Å². The van der Waals surface area contributed by atoms with Crippen molar-refractivity contribution in [2.45, 2.75) is 83.6 Å². The molecule has 0 aromatic heterocycles. The Bertz CT molecular complexity index is 404. The Kier molecular flexibility index (Phi) is 7.63. The third-order valence-electron chi connectivity index (χ3n) is 4.59. The molecule has 2 rings (SSSR count). The van der Waals surface area contributed by atoms with Crippen molar-refractivity contribution in [1.29, 1.82) is 0 Å². The average molecular weight is 352 g/mol. The van der Waals surface area contributed by atoms with Crippen LogP contribution in [0.3, 0.4) is 0 Å². The number of rotatable bonds is 2. The van der Waals surface area contributed by atoms with Gasteiger partial charge >= 0.3 is 0 Å². The van der Waals surface area contributed by atoms with Crippen molar-refractivity contribution in [3.63, 3.8) is 0 Å². The fraction of sp³-hybridized carbons (Fsp3) is 0.684. The number of halogens is 1. The van der Waals surface area contributed by atoms with Crippen LogP contribution in [0.1, 0.15) is 76.2 Å². The van der Waals surface area contributed by atoms with Crippen molar-refractivity contribution in [3.8, 4) is 0 Å². The first-order valence-corrected chi connectivity index (χ1v) is 9.58. The highest BCUT2D eigenvalue weighted by molar-refractivity contribution is 9.10. The number of anilines is 1. The third-order valence-corrected chi connectivity index (χ3v) is 5.25. The molecule has 0 atom stereocenters. The largest absolute Gasteiger partial charge is 0.381 e. The molecule has 1 nitrogen and oxygen atoms in total. The smallest absolute Gasteiger partial charge is 0.0486 e. The predicted octanol–water partition coefficient (Wildman–Crippen LogP) is 6.84. The van der Waals surface area contributed by atoms with Gasteiger partial charge in [0.15, 0.2) is 0 Å². The summed E-state index contributed by atoms with van der Waals surface area (Å²) in [6, 6.07) is 7.26. The summed E-state index contributed by atoms with van der Waals surface area (Å²) in [5.74, 6) is 0. The Labute approximate surface area is 139 Å². The lowest BCUT2D eigenvalue weighted by Crippen LogP contribution is -2.20. The van der Waals surface area contributed by atoms with Gasteiger partial charge in [-0.25, -0.2) is 0 Å². The molecule has 0 saturated heterocycles. The molecule has 1 N–H and O–H groups in total. The molecule has 0 aliphatic heterocycles. The Morgan fingerprint density at radius 2 is 1.38 bits per heavy atom. The summed E-state index contributed by atoms with van der Waals surface area (Å²) in [6.07, 6.45) is 15.4. The quantitative estimate of drug-likeness (QED) is 0.614. The molecule has 0 amide bonds. The average Bonchev–Trinajstić information content (AvgIpc) is 2.44. The second kappa shape index (κ2) is 9.50. The van der Waals surface area contributed by atoms with Crippen LogP contribution in [0.15, 0.2) is 22.7 Å². The first-order chi connectivity index (χ1) is 10.3. The molecule has 1 aliphatic carbocycles. The van der Waals surface area contributed by atoms with Crippen LogP contribution in [0.4, 0.5) is 5.69 Å². The van der Waals surface area contributed by atoms with Gasteiger partial charge in [0.1, 0.15) is 0 Å². The van der Waals surface area contributed by atoms with Crippen molar-refractivity contribution in [2.24, 2.45) is 0 Å². The van der Waals surface area contributed by atoms with Crippen LogP contribution in [0.2, 0.25) is 0 Å². The van der Waals surface area contributed by atoms with Crippen molar-refractivity contribution < 1.29 is 0 Å². The molecule has 0 bridgehead atoms. The maximum atomic E-state index is 3.78. The molecule has 2 heteroatoms. The first-order valence-electron chi connectivity index (χ1n) is 8.78. The van der Waals surface area contributed by atoms with Gasteiger partial charge in [-0.3, -0.25) is 0 Å². The molecule has 0 radical (unpaired) electrons. The summed E-state index contributed by atoms with van der Waals surface area (Å²) in [5.41, 5.74) is 2.57. The van der Waals surface area contributed by atoms with Crippen LogP contribution in [-0.4, -0.2) is 6.04 Å². The van der Waals surface area contributed by atoms with E-state index in [1.165, 1.54) is 86.4 Å². The zero-order valence-corrected chi connectivity index (χ0v) is 15.1. The molecule has 21 heavy (non-hydrogen) atoms. The topological polar surface area (TPSA) is 12.0 Å². The van der Waals surface area contributed by atoms with E-state index in [-0.39, 0.29) is 0 Å². The van der Waals surface area contributed by atoms with Crippen molar-refractivity contribution in [2.75, 3.05) is 5.32 Å². The molecule has 1 fully saturated rings. The summed E-state index contributed by atoms with van der Waals surface area (Å²) in [6.45, 7) is 2.14. The van der Waals surface area contributed by atoms with Crippen LogP contribution in [0, 0.1) is 6.92 Å². The van der Waals surface area contributed by atoms with Crippen LogP contribution < -0.4 is 5.32 Å². The Morgan fingerprint density at radius 3 is 1.90 bits per heavy atom. The number of benzene rings is 1. The van der Waals surface area contributed by atoms with Crippen LogP contribution in [0.5, 0.6) is 0 Å². The fourth-order valence-electron chi connectivity index (χ4n) is 3.26. The summed E-state index contributed by atoms with van der Waals surface area (Å²) in [4.78, 5) is 0. The minimum absolute atomic E-state index is 0.642. The summed E-state index contributed by atoms with van der Waals surface area (Å²) in [7, 11) is 0. The molecule has 118 valence electrons. The molecule has 1 aliphatic rings. The van der Waals surface area contributed by atoms with Crippen LogP contribution in [-0.2, 0) is 0 Å². The van der Waals surface area contributed by atoms with Gasteiger partial charge in [-0.2, -0.15) is 0 Å². The normalized spacial score (nSPS) is 19.5. The monoisotopic (exact) mass is 351 g/mol. The molecule has 0 spiro atoms. The van der Waals surface area contributed by atoms with Gasteiger partial charge in [0, 0.05) is 16.2 Å². The lowest BCUT2D eigenvalue weighted by Gasteiger charge is -2.21. The number of hydrogen-bond donors (Lipinski definition) is 1.